The molecule has 0 unspecified atom stereocenters. The summed E-state index contributed by atoms with van der Waals surface area (Å²) in [5.41, 5.74) is 6.83. The minimum absolute atomic E-state index is 0.119. The molecule has 0 bridgehead atoms. The Kier molecular flexibility index (Phi) is 7.24. The van der Waals surface area contributed by atoms with E-state index in [9.17, 15) is 4.79 Å². The van der Waals surface area contributed by atoms with Crippen molar-refractivity contribution in [1.82, 2.24) is 4.90 Å². The van der Waals surface area contributed by atoms with Crippen molar-refractivity contribution in [2.75, 3.05) is 0 Å². The first-order valence-electron chi connectivity index (χ1n) is 13.7. The molecule has 0 saturated heterocycles. The Bertz CT molecular complexity index is 1570. The minimum Gasteiger partial charge on any atom is -0.336 e. The van der Waals surface area contributed by atoms with Gasteiger partial charge in [-0.1, -0.05) is 152 Å². The lowest BCUT2D eigenvalue weighted by Gasteiger charge is -2.41. The molecular formula is C38H31NO. The summed E-state index contributed by atoms with van der Waals surface area (Å²) in [4.78, 5) is 16.3. The fraction of sp³-hybridized carbons (Fsp3) is 0.0789. The van der Waals surface area contributed by atoms with Crippen molar-refractivity contribution >= 4 is 17.2 Å². The normalized spacial score (nSPS) is 14.2. The highest BCUT2D eigenvalue weighted by Crippen LogP contribution is 2.45. The predicted octanol–water partition coefficient (Wildman–Crippen LogP) is 8.80. The molecule has 0 radical (unpaired) electrons. The monoisotopic (exact) mass is 517 g/mol. The molecule has 5 aromatic rings. The van der Waals surface area contributed by atoms with Gasteiger partial charge in [0.2, 0.25) is 0 Å². The number of rotatable bonds is 8. The Hall–Kier alpha value is -4.95. The van der Waals surface area contributed by atoms with Crippen LogP contribution in [0.4, 0.5) is 0 Å². The molecule has 0 aromatic heterocycles. The lowest BCUT2D eigenvalue weighted by atomic mass is 9.71. The zero-order valence-electron chi connectivity index (χ0n) is 22.4. The third kappa shape index (κ3) is 5.30. The van der Waals surface area contributed by atoms with Gasteiger partial charge in [-0.3, -0.25) is 4.79 Å². The highest BCUT2D eigenvalue weighted by atomic mass is 16.1. The van der Waals surface area contributed by atoms with E-state index in [4.69, 9.17) is 0 Å². The number of carbonyl (C=O) groups excluding carboxylic acids is 1. The van der Waals surface area contributed by atoms with Crippen LogP contribution in [0.2, 0.25) is 0 Å². The van der Waals surface area contributed by atoms with Gasteiger partial charge in [0.25, 0.3) is 0 Å². The molecule has 0 spiro atoms. The molecule has 0 aliphatic carbocycles. The molecule has 1 heterocycles. The van der Waals surface area contributed by atoms with Gasteiger partial charge in [-0.25, -0.2) is 0 Å². The number of hydrogen-bond donors (Lipinski definition) is 0. The van der Waals surface area contributed by atoms with Crippen molar-refractivity contribution < 1.29 is 4.79 Å². The quantitative estimate of drug-likeness (QED) is 0.192. The number of ketones is 1. The molecule has 2 nitrogen and oxygen atoms in total. The number of carbonyl (C=O) groups is 1. The highest BCUT2D eigenvalue weighted by Gasteiger charge is 2.38. The molecule has 2 heteroatoms. The van der Waals surface area contributed by atoms with E-state index < -0.39 is 5.41 Å². The van der Waals surface area contributed by atoms with E-state index in [1.807, 2.05) is 48.5 Å². The Balaban J connectivity index is 1.59. The van der Waals surface area contributed by atoms with E-state index in [2.05, 4.69) is 120 Å². The van der Waals surface area contributed by atoms with Crippen LogP contribution in [-0.2, 0) is 12.0 Å². The maximum absolute atomic E-state index is 13.9. The van der Waals surface area contributed by atoms with E-state index >= 15 is 0 Å². The van der Waals surface area contributed by atoms with Gasteiger partial charge in [-0.15, -0.1) is 0 Å². The van der Waals surface area contributed by atoms with Gasteiger partial charge in [-0.2, -0.15) is 0 Å². The topological polar surface area (TPSA) is 20.3 Å². The number of Topliss-reactive ketones (excluding diaryl/α,β-unsaturated/α-hetero) is 1. The third-order valence-corrected chi connectivity index (χ3v) is 7.55. The van der Waals surface area contributed by atoms with Crippen LogP contribution in [-0.4, -0.2) is 10.7 Å². The Morgan fingerprint density at radius 1 is 0.525 bits per heavy atom. The standard InChI is InChI=1S/C38H31NO/c40-37(33-22-12-4-13-23-33)28-38(34-24-14-5-15-25-34)26-35(31-18-8-2-9-19-31)39(29-30-16-6-1-7-17-30)36(27-38)32-20-10-3-11-21-32/h1-27H,28-29H2. The van der Waals surface area contributed by atoms with Crippen molar-refractivity contribution in [2.24, 2.45) is 0 Å². The molecule has 0 N–H and O–H groups in total. The highest BCUT2D eigenvalue weighted by molar-refractivity contribution is 5.98. The molecule has 0 saturated carbocycles. The maximum atomic E-state index is 13.9. The SMILES string of the molecule is O=C(CC1(c2ccccc2)C=C(c2ccccc2)N(Cc2ccccc2)C(c2ccccc2)=C1)c1ccccc1. The van der Waals surface area contributed by atoms with Crippen molar-refractivity contribution in [3.8, 4) is 0 Å². The van der Waals surface area contributed by atoms with Gasteiger partial charge >= 0.3 is 0 Å². The minimum atomic E-state index is -0.641. The first kappa shape index (κ1) is 25.3. The van der Waals surface area contributed by atoms with Crippen LogP contribution in [0.1, 0.15) is 39.0 Å². The van der Waals surface area contributed by atoms with E-state index in [0.717, 1.165) is 33.6 Å². The van der Waals surface area contributed by atoms with Crippen molar-refractivity contribution in [2.45, 2.75) is 18.4 Å². The Morgan fingerprint density at radius 2 is 0.950 bits per heavy atom. The van der Waals surface area contributed by atoms with E-state index in [-0.39, 0.29) is 5.78 Å². The smallest absolute Gasteiger partial charge is 0.164 e. The van der Waals surface area contributed by atoms with Gasteiger partial charge in [0.15, 0.2) is 5.78 Å². The number of allylic oxidation sites excluding steroid dienone is 2. The second-order valence-corrected chi connectivity index (χ2v) is 10.2. The predicted molar refractivity (Wildman–Crippen MR) is 164 cm³/mol. The lowest BCUT2D eigenvalue weighted by Crippen LogP contribution is -2.34. The van der Waals surface area contributed by atoms with Crippen LogP contribution < -0.4 is 0 Å². The average molecular weight is 518 g/mol. The number of nitrogens with zero attached hydrogens (tertiary/aromatic N) is 1. The molecular weight excluding hydrogens is 486 g/mol. The van der Waals surface area contributed by atoms with Gasteiger partial charge in [-0.05, 0) is 34.4 Å². The molecule has 5 aromatic carbocycles. The van der Waals surface area contributed by atoms with E-state index in [0.29, 0.717) is 13.0 Å². The van der Waals surface area contributed by atoms with Gasteiger partial charge in [0.1, 0.15) is 0 Å². The number of hydrogen-bond acceptors (Lipinski definition) is 2. The zero-order valence-corrected chi connectivity index (χ0v) is 22.4. The number of benzene rings is 5. The second kappa shape index (κ2) is 11.4. The molecule has 194 valence electrons. The molecule has 0 atom stereocenters. The van der Waals surface area contributed by atoms with Crippen molar-refractivity contribution in [3.05, 3.63) is 192 Å². The van der Waals surface area contributed by atoms with Crippen LogP contribution in [0, 0.1) is 0 Å². The summed E-state index contributed by atoms with van der Waals surface area (Å²) in [6.45, 7) is 0.708. The zero-order chi connectivity index (χ0) is 27.2. The largest absolute Gasteiger partial charge is 0.336 e. The Morgan fingerprint density at radius 3 is 1.45 bits per heavy atom. The summed E-state index contributed by atoms with van der Waals surface area (Å²) in [5.74, 6) is 0.119. The maximum Gasteiger partial charge on any atom is 0.164 e. The lowest BCUT2D eigenvalue weighted by molar-refractivity contribution is 0.0968. The summed E-state index contributed by atoms with van der Waals surface area (Å²) in [6.07, 6.45) is 4.95. The molecule has 1 aliphatic rings. The molecule has 6 rings (SSSR count). The van der Waals surface area contributed by atoms with Crippen LogP contribution in [0.25, 0.3) is 11.4 Å². The van der Waals surface area contributed by atoms with Crippen LogP contribution >= 0.6 is 0 Å². The van der Waals surface area contributed by atoms with Crippen molar-refractivity contribution in [1.29, 1.82) is 0 Å². The summed E-state index contributed by atoms with van der Waals surface area (Å²) in [6, 6.07) is 51.7. The summed E-state index contributed by atoms with van der Waals surface area (Å²) < 4.78 is 0. The first-order chi connectivity index (χ1) is 19.7. The van der Waals surface area contributed by atoms with Crippen molar-refractivity contribution in [3.63, 3.8) is 0 Å². The average Bonchev–Trinajstić information content (AvgIpc) is 3.04. The van der Waals surface area contributed by atoms with Crippen LogP contribution in [0.3, 0.4) is 0 Å². The molecule has 0 fully saturated rings. The first-order valence-corrected chi connectivity index (χ1v) is 13.7. The van der Waals surface area contributed by atoms with Crippen LogP contribution in [0.15, 0.2) is 164 Å². The Labute approximate surface area is 236 Å². The van der Waals surface area contributed by atoms with Crippen LogP contribution in [0.5, 0.6) is 0 Å². The van der Waals surface area contributed by atoms with Gasteiger partial charge in [0.05, 0.1) is 0 Å². The molecule has 40 heavy (non-hydrogen) atoms. The van der Waals surface area contributed by atoms with Gasteiger partial charge in [0, 0.05) is 35.3 Å². The fourth-order valence-corrected chi connectivity index (χ4v) is 5.56. The summed E-state index contributed by atoms with van der Waals surface area (Å²) >= 11 is 0. The molecule has 0 amide bonds. The summed E-state index contributed by atoms with van der Waals surface area (Å²) in [7, 11) is 0. The second-order valence-electron chi connectivity index (χ2n) is 10.2. The third-order valence-electron chi connectivity index (χ3n) is 7.55. The fourth-order valence-electron chi connectivity index (χ4n) is 5.56. The van der Waals surface area contributed by atoms with E-state index in [1.54, 1.807) is 0 Å². The molecule has 1 aliphatic heterocycles. The van der Waals surface area contributed by atoms with Gasteiger partial charge < -0.3 is 4.90 Å². The van der Waals surface area contributed by atoms with E-state index in [1.165, 1.54) is 5.56 Å². The summed E-state index contributed by atoms with van der Waals surface area (Å²) in [5, 5.41) is 0.